The summed E-state index contributed by atoms with van der Waals surface area (Å²) in [5, 5.41) is 0. The van der Waals surface area contributed by atoms with Gasteiger partial charge in [0.15, 0.2) is 11.4 Å². The molecule has 0 radical (unpaired) electrons. The molecule has 0 saturated heterocycles. The number of Topliss-reactive ketones (excluding diaryl/α,β-unsaturated/α-hetero) is 1. The van der Waals surface area contributed by atoms with Gasteiger partial charge in [0, 0.05) is 5.56 Å². The first-order valence-electron chi connectivity index (χ1n) is 5.46. The highest BCUT2D eigenvalue weighted by Gasteiger charge is 2.17. The average Bonchev–Trinajstić information content (AvgIpc) is 2.91. The van der Waals surface area contributed by atoms with Crippen molar-refractivity contribution in [3.63, 3.8) is 0 Å². The maximum Gasteiger partial charge on any atom is 0.203 e. The third-order valence-corrected chi connectivity index (χ3v) is 4.95. The van der Waals surface area contributed by atoms with Crippen LogP contribution in [0.4, 0.5) is 0 Å². The molecule has 0 fully saturated rings. The maximum absolute atomic E-state index is 12.2. The van der Waals surface area contributed by atoms with E-state index in [4.69, 9.17) is 4.42 Å². The van der Waals surface area contributed by atoms with Gasteiger partial charge in [-0.3, -0.25) is 4.79 Å². The van der Waals surface area contributed by atoms with E-state index in [-0.39, 0.29) is 12.2 Å². The molecule has 2 aromatic heterocycles. The number of fused-ring (bicyclic) bond motifs is 1. The number of benzene rings is 1. The number of oxazole rings is 1. The molecule has 96 valence electrons. The zero-order valence-electron chi connectivity index (χ0n) is 9.52. The second-order valence-electron chi connectivity index (χ2n) is 3.91. The minimum absolute atomic E-state index is 0.0135. The normalized spacial score (nSPS) is 11.1. The first kappa shape index (κ1) is 13.0. The van der Waals surface area contributed by atoms with Crippen molar-refractivity contribution in [2.75, 3.05) is 0 Å². The third-order valence-electron chi connectivity index (χ3n) is 2.61. The number of thiophene rings is 1. The number of rotatable bonds is 3. The number of nitrogens with zero attached hydrogens (tertiary/aromatic N) is 1. The minimum atomic E-state index is -0.0135. The number of hydrogen-bond donors (Lipinski definition) is 0. The zero-order valence-corrected chi connectivity index (χ0v) is 13.5. The third kappa shape index (κ3) is 2.66. The van der Waals surface area contributed by atoms with E-state index in [0.29, 0.717) is 17.0 Å². The van der Waals surface area contributed by atoms with Crippen LogP contribution >= 0.6 is 43.2 Å². The Hall–Kier alpha value is -0.980. The van der Waals surface area contributed by atoms with Crippen molar-refractivity contribution in [1.82, 2.24) is 4.98 Å². The first-order valence-corrected chi connectivity index (χ1v) is 7.86. The van der Waals surface area contributed by atoms with Crippen molar-refractivity contribution in [2.24, 2.45) is 0 Å². The van der Waals surface area contributed by atoms with Crippen molar-refractivity contribution < 1.29 is 9.21 Å². The molecule has 2 heterocycles. The van der Waals surface area contributed by atoms with E-state index >= 15 is 0 Å². The molecule has 3 rings (SSSR count). The van der Waals surface area contributed by atoms with Gasteiger partial charge in [0.1, 0.15) is 5.52 Å². The second kappa shape index (κ2) is 5.19. The summed E-state index contributed by atoms with van der Waals surface area (Å²) in [6.45, 7) is 0. The quantitative estimate of drug-likeness (QED) is 0.590. The Morgan fingerprint density at radius 1 is 1.32 bits per heavy atom. The van der Waals surface area contributed by atoms with Crippen molar-refractivity contribution in [2.45, 2.75) is 6.42 Å². The molecule has 6 heteroatoms. The van der Waals surface area contributed by atoms with Crippen molar-refractivity contribution >= 4 is 60.1 Å². The van der Waals surface area contributed by atoms with Crippen LogP contribution < -0.4 is 0 Å². The van der Waals surface area contributed by atoms with Gasteiger partial charge < -0.3 is 4.42 Å². The summed E-state index contributed by atoms with van der Waals surface area (Å²) in [6, 6.07) is 9.28. The molecule has 0 amide bonds. The zero-order chi connectivity index (χ0) is 13.4. The Labute approximate surface area is 129 Å². The first-order chi connectivity index (χ1) is 9.13. The maximum atomic E-state index is 12.2. The molecule has 3 aromatic rings. The Bertz CT molecular complexity index is 730. The van der Waals surface area contributed by atoms with E-state index in [0.717, 1.165) is 13.1 Å². The van der Waals surface area contributed by atoms with Crippen LogP contribution in [0.25, 0.3) is 11.1 Å². The van der Waals surface area contributed by atoms with Crippen molar-refractivity contribution in [3.8, 4) is 0 Å². The molecule has 0 N–H and O–H groups in total. The fourth-order valence-electron chi connectivity index (χ4n) is 1.76. The van der Waals surface area contributed by atoms with Gasteiger partial charge >= 0.3 is 0 Å². The molecule has 0 saturated carbocycles. The van der Waals surface area contributed by atoms with Crippen LogP contribution in [0.1, 0.15) is 16.2 Å². The van der Waals surface area contributed by atoms with Crippen LogP contribution in [0.5, 0.6) is 0 Å². The van der Waals surface area contributed by atoms with Crippen LogP contribution in [0.15, 0.2) is 42.3 Å². The van der Waals surface area contributed by atoms with Gasteiger partial charge in [-0.2, -0.15) is 0 Å². The van der Waals surface area contributed by atoms with E-state index in [1.807, 2.05) is 24.3 Å². The van der Waals surface area contributed by atoms with Crippen LogP contribution in [-0.4, -0.2) is 10.8 Å². The number of hydrogen-bond acceptors (Lipinski definition) is 4. The molecule has 0 spiro atoms. The summed E-state index contributed by atoms with van der Waals surface area (Å²) in [4.78, 5) is 16.5. The van der Waals surface area contributed by atoms with Crippen LogP contribution in [0, 0.1) is 0 Å². The fraction of sp³-hybridized carbons (Fsp3) is 0.0769. The summed E-state index contributed by atoms with van der Waals surface area (Å²) in [5.41, 5.74) is 2.13. The second-order valence-corrected chi connectivity index (χ2v) is 7.66. The fourth-order valence-corrected chi connectivity index (χ4v) is 4.61. The summed E-state index contributed by atoms with van der Waals surface area (Å²) < 4.78 is 7.29. The predicted octanol–water partition coefficient (Wildman–Crippen LogP) is 4.84. The molecule has 0 aliphatic heterocycles. The van der Waals surface area contributed by atoms with Crippen LogP contribution in [0.2, 0.25) is 0 Å². The topological polar surface area (TPSA) is 43.1 Å². The van der Waals surface area contributed by atoms with Crippen LogP contribution in [-0.2, 0) is 6.42 Å². The van der Waals surface area contributed by atoms with E-state index in [9.17, 15) is 4.79 Å². The highest BCUT2D eigenvalue weighted by Crippen LogP contribution is 2.32. The van der Waals surface area contributed by atoms with Gasteiger partial charge in [0.25, 0.3) is 0 Å². The summed E-state index contributed by atoms with van der Waals surface area (Å²) in [6.07, 6.45) is 0.163. The molecule has 19 heavy (non-hydrogen) atoms. The number of halogens is 2. The molecular weight excluding hydrogens is 394 g/mol. The van der Waals surface area contributed by atoms with Crippen LogP contribution in [0.3, 0.4) is 0 Å². The standard InChI is InChI=1S/C13H7Br2NO2S/c14-11-5-7(13(15)19-11)9(17)6-12-16-8-3-1-2-4-10(8)18-12/h1-5H,6H2. The number of carbonyl (C=O) groups excluding carboxylic acids is 1. The molecule has 0 aliphatic carbocycles. The lowest BCUT2D eigenvalue weighted by Gasteiger charge is -1.94. The summed E-state index contributed by atoms with van der Waals surface area (Å²) >= 11 is 8.22. The lowest BCUT2D eigenvalue weighted by Crippen LogP contribution is -2.02. The highest BCUT2D eigenvalue weighted by molar-refractivity contribution is 9.12. The van der Waals surface area contributed by atoms with E-state index in [2.05, 4.69) is 36.8 Å². The molecule has 3 nitrogen and oxygen atoms in total. The Morgan fingerprint density at radius 2 is 2.11 bits per heavy atom. The molecule has 0 aliphatic rings. The predicted molar refractivity (Wildman–Crippen MR) is 81.8 cm³/mol. The summed E-state index contributed by atoms with van der Waals surface area (Å²) in [7, 11) is 0. The number of carbonyl (C=O) groups is 1. The Morgan fingerprint density at radius 3 is 2.79 bits per heavy atom. The van der Waals surface area contributed by atoms with Gasteiger partial charge in [0.2, 0.25) is 5.89 Å². The lowest BCUT2D eigenvalue weighted by atomic mass is 10.2. The largest absolute Gasteiger partial charge is 0.440 e. The SMILES string of the molecule is O=C(Cc1nc2ccccc2o1)c1cc(Br)sc1Br. The lowest BCUT2D eigenvalue weighted by molar-refractivity contribution is 0.0986. The Balaban J connectivity index is 1.88. The molecular formula is C13H7Br2NO2S. The monoisotopic (exact) mass is 399 g/mol. The molecule has 0 unspecified atom stereocenters. The van der Waals surface area contributed by atoms with Gasteiger partial charge in [-0.1, -0.05) is 12.1 Å². The molecule has 0 atom stereocenters. The molecule has 1 aromatic carbocycles. The number of ketones is 1. The van der Waals surface area contributed by atoms with Gasteiger partial charge in [-0.05, 0) is 50.1 Å². The van der Waals surface area contributed by atoms with E-state index < -0.39 is 0 Å². The van der Waals surface area contributed by atoms with Gasteiger partial charge in [0.05, 0.1) is 14.0 Å². The van der Waals surface area contributed by atoms with Gasteiger partial charge in [-0.15, -0.1) is 11.3 Å². The smallest absolute Gasteiger partial charge is 0.203 e. The minimum Gasteiger partial charge on any atom is -0.440 e. The highest BCUT2D eigenvalue weighted by atomic mass is 79.9. The average molecular weight is 401 g/mol. The molecule has 0 bridgehead atoms. The Kier molecular flexibility index (Phi) is 3.56. The summed E-state index contributed by atoms with van der Waals surface area (Å²) in [5.74, 6) is 0.431. The van der Waals surface area contributed by atoms with Crippen molar-refractivity contribution in [1.29, 1.82) is 0 Å². The number of para-hydroxylation sites is 2. The van der Waals surface area contributed by atoms with E-state index in [1.54, 1.807) is 6.07 Å². The number of aromatic nitrogens is 1. The van der Waals surface area contributed by atoms with Crippen molar-refractivity contribution in [3.05, 3.63) is 49.4 Å². The van der Waals surface area contributed by atoms with E-state index in [1.165, 1.54) is 11.3 Å². The van der Waals surface area contributed by atoms with Gasteiger partial charge in [-0.25, -0.2) is 4.98 Å².